The SMILES string of the molecule is Cc1ccc(-c2cn3cc(C)ccc3n2)cc1.Cc1ccc(-c2nc3ccc(C)cn3c2C(=O)C(=O)Cl)cc1. The number of hydrogen-bond acceptors (Lipinski definition) is 4. The van der Waals surface area contributed by atoms with E-state index in [9.17, 15) is 9.59 Å². The Morgan fingerprint density at radius 3 is 1.77 bits per heavy atom. The van der Waals surface area contributed by atoms with E-state index >= 15 is 0 Å². The highest BCUT2D eigenvalue weighted by Gasteiger charge is 2.24. The van der Waals surface area contributed by atoms with Crippen LogP contribution in [0.1, 0.15) is 32.7 Å². The monoisotopic (exact) mass is 534 g/mol. The Bertz CT molecular complexity index is 1830. The van der Waals surface area contributed by atoms with Gasteiger partial charge in [0.15, 0.2) is 0 Å². The molecule has 4 heterocycles. The van der Waals surface area contributed by atoms with E-state index in [0.717, 1.165) is 33.6 Å². The normalized spacial score (nSPS) is 10.9. The molecule has 6 rings (SSSR count). The molecule has 0 aliphatic heterocycles. The zero-order valence-corrected chi connectivity index (χ0v) is 22.9. The molecular weight excluding hydrogens is 508 g/mol. The summed E-state index contributed by atoms with van der Waals surface area (Å²) in [6, 6.07) is 23.9. The van der Waals surface area contributed by atoms with Gasteiger partial charge in [-0.3, -0.25) is 14.0 Å². The predicted octanol–water partition coefficient (Wildman–Crippen LogP) is 7.18. The van der Waals surface area contributed by atoms with Gasteiger partial charge >= 0.3 is 0 Å². The van der Waals surface area contributed by atoms with E-state index < -0.39 is 11.0 Å². The Balaban J connectivity index is 0.000000163. The van der Waals surface area contributed by atoms with E-state index in [2.05, 4.69) is 70.9 Å². The summed E-state index contributed by atoms with van der Waals surface area (Å²) in [5.74, 6) is -0.754. The van der Waals surface area contributed by atoms with Crippen molar-refractivity contribution >= 4 is 33.9 Å². The number of hydrogen-bond donors (Lipinski definition) is 0. The van der Waals surface area contributed by atoms with Gasteiger partial charge in [0.1, 0.15) is 22.7 Å². The molecule has 2 aromatic carbocycles. The molecule has 0 unspecified atom stereocenters. The summed E-state index contributed by atoms with van der Waals surface area (Å²) >= 11 is 5.41. The minimum absolute atomic E-state index is 0.197. The summed E-state index contributed by atoms with van der Waals surface area (Å²) in [4.78, 5) is 32.7. The Kier molecular flexibility index (Phi) is 7.13. The number of imidazole rings is 2. The standard InChI is InChI=1S/C17H13ClN2O2.C15H14N2/c1-10-3-6-12(7-4-10)14-15(16(21)17(18)22)20-9-11(2)5-8-13(20)19-14;1-11-3-6-13(7-4-11)14-10-17-9-12(2)5-8-15(17)16-14/h3-9H,1-2H3;3-10H,1-2H3. The quantitative estimate of drug-likeness (QED) is 0.136. The lowest BCUT2D eigenvalue weighted by Crippen LogP contribution is -2.12. The van der Waals surface area contributed by atoms with Crippen molar-refractivity contribution in [1.29, 1.82) is 0 Å². The van der Waals surface area contributed by atoms with Crippen LogP contribution in [0.2, 0.25) is 0 Å². The molecular formula is C32H27ClN4O2. The van der Waals surface area contributed by atoms with Crippen LogP contribution in [0.4, 0.5) is 0 Å². The molecule has 0 radical (unpaired) electrons. The van der Waals surface area contributed by atoms with Crippen molar-refractivity contribution in [3.05, 3.63) is 119 Å². The molecule has 194 valence electrons. The number of carbonyl (C=O) groups is 2. The molecule has 0 amide bonds. The fraction of sp³-hybridized carbons (Fsp3) is 0.125. The number of ketones is 1. The third kappa shape index (κ3) is 5.52. The molecule has 0 spiro atoms. The van der Waals surface area contributed by atoms with Gasteiger partial charge in [-0.2, -0.15) is 0 Å². The minimum atomic E-state index is -1.02. The fourth-order valence-electron chi connectivity index (χ4n) is 4.34. The van der Waals surface area contributed by atoms with Gasteiger partial charge in [0, 0.05) is 29.7 Å². The number of pyridine rings is 2. The molecule has 0 saturated carbocycles. The van der Waals surface area contributed by atoms with Gasteiger partial charge in [-0.25, -0.2) is 9.97 Å². The molecule has 0 bridgehead atoms. The summed E-state index contributed by atoms with van der Waals surface area (Å²) in [6.45, 7) is 8.06. The highest BCUT2D eigenvalue weighted by molar-refractivity contribution is 6.83. The zero-order chi connectivity index (χ0) is 27.7. The van der Waals surface area contributed by atoms with Gasteiger partial charge in [-0.15, -0.1) is 0 Å². The van der Waals surface area contributed by atoms with E-state index in [0.29, 0.717) is 11.3 Å². The van der Waals surface area contributed by atoms with E-state index in [1.807, 2.05) is 56.3 Å². The number of halogens is 1. The first-order valence-electron chi connectivity index (χ1n) is 12.5. The van der Waals surface area contributed by atoms with Crippen LogP contribution < -0.4 is 0 Å². The van der Waals surface area contributed by atoms with E-state index in [1.54, 1.807) is 10.6 Å². The van der Waals surface area contributed by atoms with E-state index in [4.69, 9.17) is 11.6 Å². The third-order valence-electron chi connectivity index (χ3n) is 6.43. The van der Waals surface area contributed by atoms with Crippen LogP contribution in [0.5, 0.6) is 0 Å². The van der Waals surface area contributed by atoms with Gasteiger partial charge in [-0.1, -0.05) is 71.8 Å². The smallest absolute Gasteiger partial charge is 0.294 e. The van der Waals surface area contributed by atoms with E-state index in [-0.39, 0.29) is 5.69 Å². The van der Waals surface area contributed by atoms with Crippen LogP contribution in [0.3, 0.4) is 0 Å². The van der Waals surface area contributed by atoms with Crippen LogP contribution >= 0.6 is 11.6 Å². The largest absolute Gasteiger partial charge is 0.306 e. The van der Waals surface area contributed by atoms with Gasteiger partial charge in [0.25, 0.3) is 11.0 Å². The third-order valence-corrected chi connectivity index (χ3v) is 6.60. The van der Waals surface area contributed by atoms with Crippen molar-refractivity contribution in [1.82, 2.24) is 18.8 Å². The minimum Gasteiger partial charge on any atom is -0.306 e. The molecule has 0 atom stereocenters. The van der Waals surface area contributed by atoms with Gasteiger partial charge in [-0.05, 0) is 62.6 Å². The number of fused-ring (bicyclic) bond motifs is 2. The highest BCUT2D eigenvalue weighted by Crippen LogP contribution is 2.26. The van der Waals surface area contributed by atoms with Crippen LogP contribution in [-0.2, 0) is 4.79 Å². The van der Waals surface area contributed by atoms with Gasteiger partial charge in [0.05, 0.1) is 5.69 Å². The number of nitrogens with zero attached hydrogens (tertiary/aromatic N) is 4. The second-order valence-electron chi connectivity index (χ2n) is 9.68. The van der Waals surface area contributed by atoms with E-state index in [1.165, 1.54) is 11.1 Å². The Morgan fingerprint density at radius 1 is 0.615 bits per heavy atom. The zero-order valence-electron chi connectivity index (χ0n) is 22.1. The highest BCUT2D eigenvalue weighted by atomic mass is 35.5. The van der Waals surface area contributed by atoms with Crippen LogP contribution in [0.25, 0.3) is 33.8 Å². The first-order chi connectivity index (χ1) is 18.7. The summed E-state index contributed by atoms with van der Waals surface area (Å²) in [5.41, 5.74) is 9.78. The molecule has 39 heavy (non-hydrogen) atoms. The van der Waals surface area contributed by atoms with Crippen LogP contribution in [0, 0.1) is 27.7 Å². The van der Waals surface area contributed by atoms with Crippen LogP contribution in [-0.4, -0.2) is 29.8 Å². The predicted molar refractivity (Wildman–Crippen MR) is 155 cm³/mol. The lowest BCUT2D eigenvalue weighted by Gasteiger charge is -2.03. The summed E-state index contributed by atoms with van der Waals surface area (Å²) in [6.07, 6.45) is 5.94. The molecule has 0 fully saturated rings. The number of aryl methyl sites for hydroxylation is 4. The molecule has 0 saturated heterocycles. The van der Waals surface area contributed by atoms with Crippen molar-refractivity contribution in [2.75, 3.05) is 0 Å². The van der Waals surface area contributed by atoms with Crippen molar-refractivity contribution in [2.45, 2.75) is 27.7 Å². The number of benzene rings is 2. The lowest BCUT2D eigenvalue weighted by atomic mass is 10.1. The van der Waals surface area contributed by atoms with Crippen molar-refractivity contribution in [3.63, 3.8) is 0 Å². The summed E-state index contributed by atoms with van der Waals surface area (Å²) < 4.78 is 3.69. The molecule has 7 heteroatoms. The molecule has 0 N–H and O–H groups in total. The van der Waals surface area contributed by atoms with Crippen molar-refractivity contribution in [3.8, 4) is 22.5 Å². The maximum Gasteiger partial charge on any atom is 0.294 e. The molecule has 0 aliphatic carbocycles. The molecule has 4 aromatic heterocycles. The summed E-state index contributed by atoms with van der Waals surface area (Å²) in [5, 5.41) is -1.02. The molecule has 6 aromatic rings. The second kappa shape index (κ2) is 10.7. The van der Waals surface area contributed by atoms with Gasteiger partial charge < -0.3 is 4.40 Å². The average Bonchev–Trinajstić information content (AvgIpc) is 3.50. The number of Topliss-reactive ketones (excluding diaryl/α,β-unsaturated/α-hetero) is 1. The first kappa shape index (κ1) is 26.1. The number of carbonyl (C=O) groups excluding carboxylic acids is 2. The molecule has 6 nitrogen and oxygen atoms in total. The first-order valence-corrected chi connectivity index (χ1v) is 12.9. The topological polar surface area (TPSA) is 68.7 Å². The maximum absolute atomic E-state index is 12.2. The Labute approximate surface area is 231 Å². The average molecular weight is 535 g/mol. The number of rotatable bonds is 4. The second-order valence-corrected chi connectivity index (χ2v) is 10.0. The fourth-order valence-corrected chi connectivity index (χ4v) is 4.43. The Hall–Kier alpha value is -4.55. The van der Waals surface area contributed by atoms with Crippen molar-refractivity contribution < 1.29 is 9.59 Å². The van der Waals surface area contributed by atoms with Crippen LogP contribution in [0.15, 0.2) is 91.4 Å². The van der Waals surface area contributed by atoms with Gasteiger partial charge in [0.2, 0.25) is 0 Å². The number of aromatic nitrogens is 4. The summed E-state index contributed by atoms with van der Waals surface area (Å²) in [7, 11) is 0. The Morgan fingerprint density at radius 2 is 1.15 bits per heavy atom. The maximum atomic E-state index is 12.2. The van der Waals surface area contributed by atoms with Crippen molar-refractivity contribution in [2.24, 2.45) is 0 Å². The molecule has 0 aliphatic rings. The lowest BCUT2D eigenvalue weighted by molar-refractivity contribution is -0.108.